The summed E-state index contributed by atoms with van der Waals surface area (Å²) >= 11 is 0. The molecule has 1 aromatic rings. The zero-order valence-electron chi connectivity index (χ0n) is 16.4. The van der Waals surface area contributed by atoms with Crippen molar-refractivity contribution in [3.63, 3.8) is 0 Å². The van der Waals surface area contributed by atoms with Gasteiger partial charge < -0.3 is 19.1 Å². The molecule has 2 rings (SSSR count). The number of carbonyl (C=O) groups is 2. The van der Waals surface area contributed by atoms with Crippen LogP contribution < -0.4 is 4.74 Å². The first-order valence-electron chi connectivity index (χ1n) is 8.87. The van der Waals surface area contributed by atoms with Gasteiger partial charge in [0, 0.05) is 18.5 Å². The van der Waals surface area contributed by atoms with Crippen LogP contribution in [0, 0.1) is 5.92 Å². The van der Waals surface area contributed by atoms with Crippen molar-refractivity contribution in [2.24, 2.45) is 5.92 Å². The van der Waals surface area contributed by atoms with Gasteiger partial charge in [0.1, 0.15) is 11.4 Å². The number of hydrogen-bond donors (Lipinski definition) is 0. The smallest absolute Gasteiger partial charge is 0.410 e. The van der Waals surface area contributed by atoms with Crippen LogP contribution in [-0.4, -0.2) is 49.4 Å². The minimum absolute atomic E-state index is 0.0259. The molecule has 1 aliphatic heterocycles. The maximum Gasteiger partial charge on any atom is 0.410 e. The van der Waals surface area contributed by atoms with Gasteiger partial charge in [-0.05, 0) is 51.8 Å². The van der Waals surface area contributed by atoms with E-state index in [1.54, 1.807) is 12.0 Å². The fourth-order valence-electron chi connectivity index (χ4n) is 3.36. The number of piperidine rings is 1. The van der Waals surface area contributed by atoms with Gasteiger partial charge in [-0.1, -0.05) is 12.1 Å². The molecule has 6 heteroatoms. The highest BCUT2D eigenvalue weighted by Gasteiger charge is 2.42. The minimum Gasteiger partial charge on any atom is -0.497 e. The van der Waals surface area contributed by atoms with Gasteiger partial charge in [0.2, 0.25) is 0 Å². The molecule has 1 aliphatic rings. The molecule has 144 valence electrons. The van der Waals surface area contributed by atoms with Gasteiger partial charge in [0.25, 0.3) is 0 Å². The van der Waals surface area contributed by atoms with E-state index in [0.29, 0.717) is 6.42 Å². The number of esters is 1. The number of methoxy groups -OCH3 is 2. The predicted octanol–water partition coefficient (Wildman–Crippen LogP) is 3.60. The van der Waals surface area contributed by atoms with Crippen LogP contribution >= 0.6 is 0 Å². The molecular formula is C20H29NO5. The van der Waals surface area contributed by atoms with Gasteiger partial charge in [-0.25, -0.2) is 4.79 Å². The van der Waals surface area contributed by atoms with E-state index in [4.69, 9.17) is 14.2 Å². The highest BCUT2D eigenvalue weighted by atomic mass is 16.6. The first-order chi connectivity index (χ1) is 12.2. The van der Waals surface area contributed by atoms with Crippen molar-refractivity contribution in [3.8, 4) is 5.75 Å². The monoisotopic (exact) mass is 363 g/mol. The summed E-state index contributed by atoms with van der Waals surface area (Å²) in [7, 11) is 3.00. The van der Waals surface area contributed by atoms with Crippen LogP contribution in [-0.2, 0) is 14.3 Å². The van der Waals surface area contributed by atoms with Crippen LogP contribution in [0.4, 0.5) is 4.79 Å². The van der Waals surface area contributed by atoms with Gasteiger partial charge in [-0.3, -0.25) is 4.79 Å². The topological polar surface area (TPSA) is 65.1 Å². The molecule has 0 aromatic heterocycles. The molecule has 1 heterocycles. The molecule has 1 fully saturated rings. The lowest BCUT2D eigenvalue weighted by Gasteiger charge is -2.42. The first kappa shape index (κ1) is 20.1. The summed E-state index contributed by atoms with van der Waals surface area (Å²) in [6.07, 6.45) is 0.262. The van der Waals surface area contributed by atoms with Crippen LogP contribution in [0.1, 0.15) is 45.6 Å². The summed E-state index contributed by atoms with van der Waals surface area (Å²) in [6.45, 7) is 7.75. The average Bonchev–Trinajstić information content (AvgIpc) is 2.59. The lowest BCUT2D eigenvalue weighted by Crippen LogP contribution is -2.51. The number of amides is 1. The van der Waals surface area contributed by atoms with E-state index in [2.05, 4.69) is 0 Å². The Labute approximate surface area is 155 Å². The summed E-state index contributed by atoms with van der Waals surface area (Å²) in [6, 6.07) is 7.66. The molecule has 1 amide bonds. The van der Waals surface area contributed by atoms with E-state index in [-0.39, 0.29) is 24.5 Å². The first-order valence-corrected chi connectivity index (χ1v) is 8.87. The van der Waals surface area contributed by atoms with E-state index < -0.39 is 17.6 Å². The van der Waals surface area contributed by atoms with Crippen molar-refractivity contribution in [2.75, 3.05) is 20.8 Å². The zero-order chi connectivity index (χ0) is 19.5. The van der Waals surface area contributed by atoms with E-state index in [0.717, 1.165) is 11.3 Å². The molecule has 1 unspecified atom stereocenters. The Morgan fingerprint density at radius 1 is 1.12 bits per heavy atom. The van der Waals surface area contributed by atoms with Crippen LogP contribution in [0.3, 0.4) is 0 Å². The second kappa shape index (κ2) is 7.98. The SMILES string of the molecule is COC(=O)C1CN(C(=O)OC(C)(C)C)[C@H](C)C[C@@H]1c1ccc(OC)cc1. The van der Waals surface area contributed by atoms with Crippen LogP contribution in [0.5, 0.6) is 5.75 Å². The fourth-order valence-corrected chi connectivity index (χ4v) is 3.36. The molecular weight excluding hydrogens is 334 g/mol. The van der Waals surface area contributed by atoms with Gasteiger partial charge in [-0.15, -0.1) is 0 Å². The molecule has 1 aromatic carbocycles. The van der Waals surface area contributed by atoms with Crippen molar-refractivity contribution >= 4 is 12.1 Å². The summed E-state index contributed by atoms with van der Waals surface area (Å²) in [5.41, 5.74) is 0.460. The number of nitrogens with zero attached hydrogens (tertiary/aromatic N) is 1. The van der Waals surface area contributed by atoms with Crippen molar-refractivity contribution in [1.82, 2.24) is 4.90 Å². The Morgan fingerprint density at radius 2 is 1.73 bits per heavy atom. The lowest BCUT2D eigenvalue weighted by molar-refractivity contribution is -0.148. The van der Waals surface area contributed by atoms with Crippen LogP contribution in [0.25, 0.3) is 0 Å². The summed E-state index contributed by atoms with van der Waals surface area (Å²) < 4.78 is 15.7. The number of hydrogen-bond acceptors (Lipinski definition) is 5. The van der Waals surface area contributed by atoms with E-state index in [1.807, 2.05) is 52.0 Å². The molecule has 0 radical (unpaired) electrons. The highest BCUT2D eigenvalue weighted by molar-refractivity contribution is 5.76. The Bertz CT molecular complexity index is 635. The number of carbonyl (C=O) groups excluding carboxylic acids is 2. The standard InChI is InChI=1S/C20H29NO5/c1-13-11-16(14-7-9-15(24-5)10-8-14)17(18(22)25-6)12-21(13)19(23)26-20(2,3)4/h7-10,13,16-17H,11-12H2,1-6H3/t13-,16-,17?/m1/s1. The van der Waals surface area contributed by atoms with Crippen molar-refractivity contribution < 1.29 is 23.8 Å². The maximum absolute atomic E-state index is 12.5. The third kappa shape index (κ3) is 4.68. The molecule has 1 saturated heterocycles. The second-order valence-electron chi connectivity index (χ2n) is 7.73. The Balaban J connectivity index is 2.25. The number of rotatable bonds is 3. The molecule has 3 atom stereocenters. The third-order valence-corrected chi connectivity index (χ3v) is 4.68. The van der Waals surface area contributed by atoms with Gasteiger partial charge in [-0.2, -0.15) is 0 Å². The molecule has 6 nitrogen and oxygen atoms in total. The van der Waals surface area contributed by atoms with Crippen molar-refractivity contribution in [1.29, 1.82) is 0 Å². The van der Waals surface area contributed by atoms with E-state index in [9.17, 15) is 9.59 Å². The Hall–Kier alpha value is -2.24. The molecule has 0 saturated carbocycles. The maximum atomic E-state index is 12.5. The third-order valence-electron chi connectivity index (χ3n) is 4.68. The molecule has 0 aliphatic carbocycles. The quantitative estimate of drug-likeness (QED) is 0.768. The highest BCUT2D eigenvalue weighted by Crippen LogP contribution is 2.37. The van der Waals surface area contributed by atoms with Gasteiger partial charge in [0.15, 0.2) is 0 Å². The lowest BCUT2D eigenvalue weighted by atomic mass is 9.78. The predicted molar refractivity (Wildman–Crippen MR) is 98.3 cm³/mol. The average molecular weight is 363 g/mol. The summed E-state index contributed by atoms with van der Waals surface area (Å²) in [5.74, 6) is -0.00644. The fraction of sp³-hybridized carbons (Fsp3) is 0.600. The normalized spacial score (nSPS) is 23.3. The molecule has 0 spiro atoms. The second-order valence-corrected chi connectivity index (χ2v) is 7.73. The van der Waals surface area contributed by atoms with E-state index >= 15 is 0 Å². The molecule has 0 N–H and O–H groups in total. The van der Waals surface area contributed by atoms with Crippen molar-refractivity contribution in [2.45, 2.75) is 51.7 Å². The van der Waals surface area contributed by atoms with Crippen LogP contribution in [0.2, 0.25) is 0 Å². The minimum atomic E-state index is -0.579. The zero-order valence-corrected chi connectivity index (χ0v) is 16.4. The van der Waals surface area contributed by atoms with Crippen LogP contribution in [0.15, 0.2) is 24.3 Å². The number of ether oxygens (including phenoxy) is 3. The number of likely N-dealkylation sites (tertiary alicyclic amines) is 1. The number of benzene rings is 1. The Kier molecular flexibility index (Phi) is 6.16. The molecule has 0 bridgehead atoms. The van der Waals surface area contributed by atoms with Crippen molar-refractivity contribution in [3.05, 3.63) is 29.8 Å². The summed E-state index contributed by atoms with van der Waals surface area (Å²) in [4.78, 5) is 26.6. The Morgan fingerprint density at radius 3 is 2.23 bits per heavy atom. The van der Waals surface area contributed by atoms with Gasteiger partial charge >= 0.3 is 12.1 Å². The molecule has 26 heavy (non-hydrogen) atoms. The largest absolute Gasteiger partial charge is 0.497 e. The van der Waals surface area contributed by atoms with E-state index in [1.165, 1.54) is 7.11 Å². The van der Waals surface area contributed by atoms with Gasteiger partial charge in [0.05, 0.1) is 20.1 Å². The summed E-state index contributed by atoms with van der Waals surface area (Å²) in [5, 5.41) is 0.